The van der Waals surface area contributed by atoms with Crippen molar-refractivity contribution in [2.45, 2.75) is 59.8 Å². The molecular formula is C17H30N4. The van der Waals surface area contributed by atoms with E-state index in [1.165, 1.54) is 19.3 Å². The van der Waals surface area contributed by atoms with E-state index in [2.05, 4.69) is 49.0 Å². The molecule has 1 aromatic heterocycles. The highest BCUT2D eigenvalue weighted by Gasteiger charge is 2.29. The van der Waals surface area contributed by atoms with Gasteiger partial charge in [0, 0.05) is 32.1 Å². The Morgan fingerprint density at radius 3 is 2.48 bits per heavy atom. The molecule has 1 aromatic rings. The minimum absolute atomic E-state index is 0.514. The van der Waals surface area contributed by atoms with Crippen molar-refractivity contribution in [3.05, 3.63) is 11.9 Å². The summed E-state index contributed by atoms with van der Waals surface area (Å²) in [4.78, 5) is 11.8. The van der Waals surface area contributed by atoms with Crippen LogP contribution in [0.4, 0.5) is 11.6 Å². The zero-order valence-electron chi connectivity index (χ0n) is 14.1. The Morgan fingerprint density at radius 2 is 1.90 bits per heavy atom. The zero-order valence-corrected chi connectivity index (χ0v) is 14.1. The van der Waals surface area contributed by atoms with E-state index in [1.54, 1.807) is 0 Å². The molecule has 0 amide bonds. The van der Waals surface area contributed by atoms with E-state index >= 15 is 0 Å². The number of piperidine rings is 1. The monoisotopic (exact) mass is 290 g/mol. The SMILES string of the molecule is CCCc1nc(NCC)cc(N2CCC(C)(CC)CC2)n1. The fourth-order valence-corrected chi connectivity index (χ4v) is 2.88. The Hall–Kier alpha value is -1.32. The fraction of sp³-hybridized carbons (Fsp3) is 0.765. The molecule has 4 nitrogen and oxygen atoms in total. The molecule has 2 heterocycles. The van der Waals surface area contributed by atoms with Gasteiger partial charge < -0.3 is 10.2 Å². The molecule has 0 atom stereocenters. The molecule has 0 aromatic carbocycles. The highest BCUT2D eigenvalue weighted by molar-refractivity contribution is 5.49. The summed E-state index contributed by atoms with van der Waals surface area (Å²) in [6.45, 7) is 12.1. The topological polar surface area (TPSA) is 41.1 Å². The van der Waals surface area contributed by atoms with E-state index in [-0.39, 0.29) is 0 Å². The summed E-state index contributed by atoms with van der Waals surface area (Å²) in [7, 11) is 0. The van der Waals surface area contributed by atoms with Crippen LogP contribution in [0.2, 0.25) is 0 Å². The smallest absolute Gasteiger partial charge is 0.134 e. The van der Waals surface area contributed by atoms with E-state index in [0.29, 0.717) is 5.41 Å². The molecule has 1 aliphatic heterocycles. The van der Waals surface area contributed by atoms with Crippen LogP contribution in [0.15, 0.2) is 6.07 Å². The molecule has 0 spiro atoms. The van der Waals surface area contributed by atoms with Crippen LogP contribution in [-0.2, 0) is 6.42 Å². The van der Waals surface area contributed by atoms with Crippen LogP contribution in [0.5, 0.6) is 0 Å². The second-order valence-corrected chi connectivity index (χ2v) is 6.46. The van der Waals surface area contributed by atoms with Crippen molar-refractivity contribution in [1.29, 1.82) is 0 Å². The van der Waals surface area contributed by atoms with E-state index in [1.807, 2.05) is 0 Å². The van der Waals surface area contributed by atoms with Gasteiger partial charge in [0.05, 0.1) is 0 Å². The molecule has 0 saturated carbocycles. The minimum Gasteiger partial charge on any atom is -0.370 e. The van der Waals surface area contributed by atoms with Gasteiger partial charge in [0.1, 0.15) is 17.5 Å². The van der Waals surface area contributed by atoms with Crippen molar-refractivity contribution >= 4 is 11.6 Å². The van der Waals surface area contributed by atoms with E-state index < -0.39 is 0 Å². The summed E-state index contributed by atoms with van der Waals surface area (Å²) in [5.74, 6) is 3.03. The number of nitrogens with one attached hydrogen (secondary N) is 1. The van der Waals surface area contributed by atoms with Crippen molar-refractivity contribution in [3.63, 3.8) is 0 Å². The molecule has 118 valence electrons. The predicted octanol–water partition coefficient (Wildman–Crippen LogP) is 3.88. The molecule has 1 aliphatic rings. The van der Waals surface area contributed by atoms with Crippen LogP contribution in [0.3, 0.4) is 0 Å². The lowest BCUT2D eigenvalue weighted by atomic mass is 9.78. The molecule has 1 fully saturated rings. The second kappa shape index (κ2) is 7.10. The van der Waals surface area contributed by atoms with Gasteiger partial charge in [-0.15, -0.1) is 0 Å². The molecule has 0 aliphatic carbocycles. The maximum atomic E-state index is 4.78. The maximum absolute atomic E-state index is 4.78. The molecule has 0 radical (unpaired) electrons. The van der Waals surface area contributed by atoms with Gasteiger partial charge in [0.25, 0.3) is 0 Å². The zero-order chi connectivity index (χ0) is 15.3. The van der Waals surface area contributed by atoms with E-state index in [4.69, 9.17) is 4.98 Å². The standard InChI is InChI=1S/C17H30N4/c1-5-8-14-19-15(18-7-3)13-16(20-14)21-11-9-17(4,6-2)10-12-21/h13H,5-12H2,1-4H3,(H,18,19,20). The normalized spacial score (nSPS) is 17.8. The molecular weight excluding hydrogens is 260 g/mol. The van der Waals surface area contributed by atoms with Crippen LogP contribution in [0.25, 0.3) is 0 Å². The Kier molecular flexibility index (Phi) is 5.43. The fourth-order valence-electron chi connectivity index (χ4n) is 2.88. The maximum Gasteiger partial charge on any atom is 0.134 e. The third-order valence-electron chi connectivity index (χ3n) is 4.74. The number of aromatic nitrogens is 2. The lowest BCUT2D eigenvalue weighted by Gasteiger charge is -2.39. The lowest BCUT2D eigenvalue weighted by molar-refractivity contribution is 0.237. The van der Waals surface area contributed by atoms with Gasteiger partial charge in [0.2, 0.25) is 0 Å². The van der Waals surface area contributed by atoms with Crippen LogP contribution >= 0.6 is 0 Å². The van der Waals surface area contributed by atoms with Crippen LogP contribution in [-0.4, -0.2) is 29.6 Å². The number of anilines is 2. The molecule has 21 heavy (non-hydrogen) atoms. The molecule has 4 heteroatoms. The summed E-state index contributed by atoms with van der Waals surface area (Å²) in [6.07, 6.45) is 5.82. The summed E-state index contributed by atoms with van der Waals surface area (Å²) in [5, 5.41) is 3.34. The number of rotatable bonds is 6. The molecule has 0 unspecified atom stereocenters. The Labute approximate surface area is 129 Å². The van der Waals surface area contributed by atoms with Gasteiger partial charge >= 0.3 is 0 Å². The average molecular weight is 290 g/mol. The predicted molar refractivity (Wildman–Crippen MR) is 90.0 cm³/mol. The Bertz CT molecular complexity index is 426. The van der Waals surface area contributed by atoms with Crippen LogP contribution < -0.4 is 10.2 Å². The second-order valence-electron chi connectivity index (χ2n) is 6.46. The summed E-state index contributed by atoms with van der Waals surface area (Å²) >= 11 is 0. The quantitative estimate of drug-likeness (QED) is 0.863. The Morgan fingerprint density at radius 1 is 1.19 bits per heavy atom. The third-order valence-corrected chi connectivity index (χ3v) is 4.74. The largest absolute Gasteiger partial charge is 0.370 e. The van der Waals surface area contributed by atoms with Gasteiger partial charge in [0.15, 0.2) is 0 Å². The van der Waals surface area contributed by atoms with E-state index in [9.17, 15) is 0 Å². The van der Waals surface area contributed by atoms with Crippen molar-refractivity contribution < 1.29 is 0 Å². The van der Waals surface area contributed by atoms with Gasteiger partial charge in [-0.25, -0.2) is 9.97 Å². The number of nitrogens with zero attached hydrogens (tertiary/aromatic N) is 3. The number of hydrogen-bond acceptors (Lipinski definition) is 4. The number of hydrogen-bond donors (Lipinski definition) is 1. The van der Waals surface area contributed by atoms with Crippen molar-refractivity contribution in [2.24, 2.45) is 5.41 Å². The van der Waals surface area contributed by atoms with Gasteiger partial charge in [-0.2, -0.15) is 0 Å². The first-order valence-corrected chi connectivity index (χ1v) is 8.47. The highest BCUT2D eigenvalue weighted by Crippen LogP contribution is 2.35. The highest BCUT2D eigenvalue weighted by atomic mass is 15.2. The van der Waals surface area contributed by atoms with Gasteiger partial charge in [-0.05, 0) is 31.6 Å². The molecule has 2 rings (SSSR count). The van der Waals surface area contributed by atoms with Gasteiger partial charge in [-0.1, -0.05) is 27.2 Å². The first-order chi connectivity index (χ1) is 10.1. The molecule has 1 N–H and O–H groups in total. The third kappa shape index (κ3) is 4.08. The molecule has 1 saturated heterocycles. The van der Waals surface area contributed by atoms with Crippen LogP contribution in [0, 0.1) is 5.41 Å². The van der Waals surface area contributed by atoms with Crippen molar-refractivity contribution in [1.82, 2.24) is 9.97 Å². The van der Waals surface area contributed by atoms with Crippen LogP contribution in [0.1, 0.15) is 59.2 Å². The lowest BCUT2D eigenvalue weighted by Crippen LogP contribution is -2.39. The number of aryl methyl sites for hydroxylation is 1. The van der Waals surface area contributed by atoms with Crippen molar-refractivity contribution in [2.75, 3.05) is 29.9 Å². The van der Waals surface area contributed by atoms with Crippen molar-refractivity contribution in [3.8, 4) is 0 Å². The molecule has 0 bridgehead atoms. The Balaban J connectivity index is 2.15. The summed E-state index contributed by atoms with van der Waals surface area (Å²) in [6, 6.07) is 2.11. The first kappa shape index (κ1) is 16.1. The average Bonchev–Trinajstić information content (AvgIpc) is 2.48. The van der Waals surface area contributed by atoms with Gasteiger partial charge in [-0.3, -0.25) is 0 Å². The summed E-state index contributed by atoms with van der Waals surface area (Å²) < 4.78 is 0. The summed E-state index contributed by atoms with van der Waals surface area (Å²) in [5.41, 5.74) is 0.514. The minimum atomic E-state index is 0.514. The van der Waals surface area contributed by atoms with E-state index in [0.717, 1.165) is 49.9 Å². The first-order valence-electron chi connectivity index (χ1n) is 8.47.